The van der Waals surface area contributed by atoms with Crippen LogP contribution in [0.15, 0.2) is 24.4 Å². The van der Waals surface area contributed by atoms with Gasteiger partial charge in [0, 0.05) is 23.2 Å². The summed E-state index contributed by atoms with van der Waals surface area (Å²) in [6, 6.07) is 1.38. The third-order valence-corrected chi connectivity index (χ3v) is 3.66. The molecule has 0 saturated heterocycles. The summed E-state index contributed by atoms with van der Waals surface area (Å²) in [6.45, 7) is 0.114. The molecule has 0 atom stereocenters. The van der Waals surface area contributed by atoms with Gasteiger partial charge in [0.2, 0.25) is 0 Å². The molecule has 21 heavy (non-hydrogen) atoms. The molecule has 2 nitrogen and oxygen atoms in total. The van der Waals surface area contributed by atoms with Crippen LogP contribution in [0.25, 0.3) is 10.6 Å². The molecule has 1 aromatic heterocycles. The monoisotopic (exact) mass is 326 g/mol. The van der Waals surface area contributed by atoms with Crippen molar-refractivity contribution in [3.05, 3.63) is 40.4 Å². The molecular weight excluding hydrogens is 318 g/mol. The van der Waals surface area contributed by atoms with E-state index in [9.17, 15) is 26.3 Å². The molecule has 0 fully saturated rings. The van der Waals surface area contributed by atoms with Crippen LogP contribution in [0.1, 0.15) is 16.0 Å². The Morgan fingerprint density at radius 1 is 0.952 bits per heavy atom. The minimum Gasteiger partial charge on any atom is -0.326 e. The predicted molar refractivity (Wildman–Crippen MR) is 65.4 cm³/mol. The van der Waals surface area contributed by atoms with E-state index in [1.165, 1.54) is 6.20 Å². The number of halogens is 6. The molecule has 0 aliphatic rings. The molecule has 1 heterocycles. The zero-order chi connectivity index (χ0) is 15.8. The Hall–Kier alpha value is -1.61. The number of alkyl halides is 6. The van der Waals surface area contributed by atoms with Gasteiger partial charge in [0.1, 0.15) is 5.01 Å². The normalized spacial score (nSPS) is 12.7. The summed E-state index contributed by atoms with van der Waals surface area (Å²) in [7, 11) is 0. The minimum absolute atomic E-state index is 0.0621. The smallest absolute Gasteiger partial charge is 0.326 e. The lowest BCUT2D eigenvalue weighted by atomic mass is 10.1. The van der Waals surface area contributed by atoms with E-state index in [0.29, 0.717) is 17.0 Å². The highest BCUT2D eigenvalue weighted by Gasteiger charge is 2.37. The number of thiazole rings is 1. The predicted octanol–water partition coefficient (Wildman–Crippen LogP) is 4.31. The van der Waals surface area contributed by atoms with Crippen LogP contribution in [0.2, 0.25) is 0 Å². The van der Waals surface area contributed by atoms with Crippen LogP contribution < -0.4 is 5.73 Å². The fourth-order valence-electron chi connectivity index (χ4n) is 1.61. The number of nitrogens with zero attached hydrogens (tertiary/aromatic N) is 1. The van der Waals surface area contributed by atoms with Gasteiger partial charge in [-0.15, -0.1) is 11.3 Å². The summed E-state index contributed by atoms with van der Waals surface area (Å²) in [5.74, 6) is 0. The first-order valence-corrected chi connectivity index (χ1v) is 6.37. The fraction of sp³-hybridized carbons (Fsp3) is 0.250. The Kier molecular flexibility index (Phi) is 3.98. The van der Waals surface area contributed by atoms with Crippen LogP contribution in [0.5, 0.6) is 0 Å². The highest BCUT2D eigenvalue weighted by atomic mass is 32.1. The molecule has 2 N–H and O–H groups in total. The zero-order valence-corrected chi connectivity index (χ0v) is 11.0. The topological polar surface area (TPSA) is 38.9 Å². The first-order chi connectivity index (χ1) is 9.61. The van der Waals surface area contributed by atoms with Gasteiger partial charge in [-0.1, -0.05) is 0 Å². The molecule has 9 heteroatoms. The molecule has 1 aromatic carbocycles. The van der Waals surface area contributed by atoms with Crippen LogP contribution >= 0.6 is 11.3 Å². The van der Waals surface area contributed by atoms with Gasteiger partial charge in [-0.3, -0.25) is 0 Å². The minimum atomic E-state index is -4.87. The van der Waals surface area contributed by atoms with E-state index < -0.39 is 23.5 Å². The Morgan fingerprint density at radius 2 is 1.48 bits per heavy atom. The van der Waals surface area contributed by atoms with Crippen molar-refractivity contribution in [2.75, 3.05) is 0 Å². The van der Waals surface area contributed by atoms with Crippen LogP contribution in [0, 0.1) is 0 Å². The van der Waals surface area contributed by atoms with E-state index in [2.05, 4.69) is 4.98 Å². The Morgan fingerprint density at radius 3 is 1.86 bits per heavy atom. The maximum Gasteiger partial charge on any atom is 0.416 e. The van der Waals surface area contributed by atoms with Gasteiger partial charge in [-0.2, -0.15) is 26.3 Å². The van der Waals surface area contributed by atoms with Gasteiger partial charge in [0.25, 0.3) is 0 Å². The van der Waals surface area contributed by atoms with Crippen LogP contribution in [0.4, 0.5) is 26.3 Å². The average Bonchev–Trinajstić information content (AvgIpc) is 2.85. The third kappa shape index (κ3) is 3.53. The van der Waals surface area contributed by atoms with Gasteiger partial charge >= 0.3 is 12.4 Å². The van der Waals surface area contributed by atoms with Crippen molar-refractivity contribution in [3.8, 4) is 10.6 Å². The second kappa shape index (κ2) is 5.30. The highest BCUT2D eigenvalue weighted by Crippen LogP contribution is 2.39. The zero-order valence-electron chi connectivity index (χ0n) is 10.2. The first-order valence-electron chi connectivity index (χ1n) is 5.56. The van der Waals surface area contributed by atoms with Gasteiger partial charge in [0.15, 0.2) is 0 Å². The maximum atomic E-state index is 12.7. The lowest BCUT2D eigenvalue weighted by molar-refractivity contribution is -0.143. The molecule has 2 aromatic rings. The Balaban J connectivity index is 2.60. The molecule has 0 amide bonds. The van der Waals surface area contributed by atoms with Crippen LogP contribution in [-0.2, 0) is 18.9 Å². The number of nitrogens with two attached hydrogens (primary N) is 1. The van der Waals surface area contributed by atoms with Crippen molar-refractivity contribution >= 4 is 11.3 Å². The van der Waals surface area contributed by atoms with Gasteiger partial charge in [-0.25, -0.2) is 4.98 Å². The van der Waals surface area contributed by atoms with Crippen LogP contribution in [0.3, 0.4) is 0 Å². The molecule has 2 rings (SSSR count). The van der Waals surface area contributed by atoms with Gasteiger partial charge < -0.3 is 5.73 Å². The lowest BCUT2D eigenvalue weighted by Gasteiger charge is -2.13. The molecule has 0 aliphatic heterocycles. The number of rotatable bonds is 2. The Bertz CT molecular complexity index is 612. The van der Waals surface area contributed by atoms with E-state index in [-0.39, 0.29) is 23.2 Å². The lowest BCUT2D eigenvalue weighted by Crippen LogP contribution is -2.11. The summed E-state index contributed by atoms with van der Waals surface area (Å²) in [4.78, 5) is 4.37. The first kappa shape index (κ1) is 15.8. The van der Waals surface area contributed by atoms with E-state index in [0.717, 1.165) is 11.3 Å². The molecule has 0 saturated carbocycles. The summed E-state index contributed by atoms with van der Waals surface area (Å²) in [6.07, 6.45) is -8.42. The second-order valence-electron chi connectivity index (χ2n) is 4.13. The maximum absolute atomic E-state index is 12.7. The summed E-state index contributed by atoms with van der Waals surface area (Å²) >= 11 is 0.954. The van der Waals surface area contributed by atoms with Gasteiger partial charge in [0.05, 0.1) is 11.1 Å². The Labute approximate surface area is 119 Å². The van der Waals surface area contributed by atoms with Crippen molar-refractivity contribution in [2.24, 2.45) is 5.73 Å². The van der Waals surface area contributed by atoms with Crippen molar-refractivity contribution < 1.29 is 26.3 Å². The van der Waals surface area contributed by atoms with E-state index >= 15 is 0 Å². The standard InChI is InChI=1S/C12H8F6N2S/c13-11(14,15)7-1-6(2-8(3-7)12(16,17)18)10-20-5-9(4-19)21-10/h1-3,5H,4,19H2. The van der Waals surface area contributed by atoms with Gasteiger partial charge in [-0.05, 0) is 18.2 Å². The molecule has 114 valence electrons. The number of aromatic nitrogens is 1. The SMILES string of the molecule is NCc1cnc(-c2cc(C(F)(F)F)cc(C(F)(F)F)c2)s1. The quantitative estimate of drug-likeness (QED) is 0.836. The van der Waals surface area contributed by atoms with E-state index in [1.54, 1.807) is 0 Å². The largest absolute Gasteiger partial charge is 0.416 e. The van der Waals surface area contributed by atoms with Crippen LogP contribution in [-0.4, -0.2) is 4.98 Å². The number of hydrogen-bond donors (Lipinski definition) is 1. The summed E-state index contributed by atoms with van der Waals surface area (Å²) in [5.41, 5.74) is 2.39. The molecule has 0 aliphatic carbocycles. The molecule has 0 unspecified atom stereocenters. The molecule has 0 spiro atoms. The molecular formula is C12H8F6N2S. The number of benzene rings is 1. The summed E-state index contributed by atoms with van der Waals surface area (Å²) in [5, 5.41) is 0.0621. The van der Waals surface area contributed by atoms with Crippen molar-refractivity contribution in [1.82, 2.24) is 4.98 Å². The summed E-state index contributed by atoms with van der Waals surface area (Å²) < 4.78 is 76.3. The van der Waals surface area contributed by atoms with Crippen molar-refractivity contribution in [1.29, 1.82) is 0 Å². The average molecular weight is 326 g/mol. The van der Waals surface area contributed by atoms with Crippen molar-refractivity contribution in [2.45, 2.75) is 18.9 Å². The third-order valence-electron chi connectivity index (χ3n) is 2.59. The molecule has 0 radical (unpaired) electrons. The fourth-order valence-corrected chi connectivity index (χ4v) is 2.39. The highest BCUT2D eigenvalue weighted by molar-refractivity contribution is 7.15. The number of hydrogen-bond acceptors (Lipinski definition) is 3. The molecule has 0 bridgehead atoms. The van der Waals surface area contributed by atoms with Crippen molar-refractivity contribution in [3.63, 3.8) is 0 Å². The van der Waals surface area contributed by atoms with E-state index in [1.807, 2.05) is 0 Å². The van der Waals surface area contributed by atoms with E-state index in [4.69, 9.17) is 5.73 Å². The second-order valence-corrected chi connectivity index (χ2v) is 5.25.